The van der Waals surface area contributed by atoms with Crippen molar-refractivity contribution in [2.45, 2.75) is 50.7 Å². The highest BCUT2D eigenvalue weighted by Gasteiger charge is 2.22. The van der Waals surface area contributed by atoms with E-state index in [1.807, 2.05) is 10.8 Å². The fourth-order valence-electron chi connectivity index (χ4n) is 2.69. The summed E-state index contributed by atoms with van der Waals surface area (Å²) in [5, 5.41) is 11.0. The van der Waals surface area contributed by atoms with Crippen molar-refractivity contribution in [3.05, 3.63) is 18.0 Å². The smallest absolute Gasteiger partial charge is 0.352 e. The van der Waals surface area contributed by atoms with Crippen molar-refractivity contribution in [3.8, 4) is 0 Å². The van der Waals surface area contributed by atoms with Crippen LogP contribution in [0.25, 0.3) is 11.0 Å². The molecular weight excluding hydrogens is 286 g/mol. The summed E-state index contributed by atoms with van der Waals surface area (Å²) in [6, 6.07) is 1.85. The maximum Gasteiger partial charge on any atom is 0.352 e. The molecule has 0 aromatic carbocycles. The van der Waals surface area contributed by atoms with Gasteiger partial charge in [-0.15, -0.1) is 0 Å². The molecule has 0 saturated carbocycles. The molecule has 1 N–H and O–H groups in total. The number of nitrogens with zero attached hydrogens (tertiary/aromatic N) is 3. The van der Waals surface area contributed by atoms with Crippen LogP contribution in [-0.2, 0) is 0 Å². The van der Waals surface area contributed by atoms with Crippen molar-refractivity contribution < 1.29 is 9.90 Å². The van der Waals surface area contributed by atoms with Gasteiger partial charge in [0.2, 0.25) is 0 Å². The highest BCUT2D eigenvalue weighted by atomic mass is 32.2. The fourth-order valence-corrected chi connectivity index (χ4v) is 3.03. The second-order valence-corrected chi connectivity index (χ2v) is 5.84. The van der Waals surface area contributed by atoms with Crippen molar-refractivity contribution in [1.29, 1.82) is 0 Å². The molecular formula is C15H21N3O2S. The number of carboxylic acid groups (broad SMARTS) is 1. The van der Waals surface area contributed by atoms with Crippen LogP contribution in [-0.4, -0.2) is 31.9 Å². The number of rotatable bonds is 7. The average Bonchev–Trinajstić information content (AvgIpc) is 2.85. The van der Waals surface area contributed by atoms with Gasteiger partial charge in [-0.2, -0.15) is 0 Å². The summed E-state index contributed by atoms with van der Waals surface area (Å²) in [4.78, 5) is 20.4. The van der Waals surface area contributed by atoms with Crippen LogP contribution >= 0.6 is 11.8 Å². The maximum atomic E-state index is 11.6. The van der Waals surface area contributed by atoms with E-state index < -0.39 is 5.97 Å². The van der Waals surface area contributed by atoms with E-state index in [2.05, 4.69) is 23.8 Å². The Morgan fingerprint density at radius 1 is 1.38 bits per heavy atom. The van der Waals surface area contributed by atoms with Crippen LogP contribution in [0, 0.1) is 0 Å². The first kappa shape index (κ1) is 15.8. The lowest BCUT2D eigenvalue weighted by molar-refractivity contribution is 0.0682. The Hall–Kier alpha value is -1.56. The zero-order valence-electron chi connectivity index (χ0n) is 12.7. The van der Waals surface area contributed by atoms with E-state index in [-0.39, 0.29) is 6.04 Å². The number of thioether (sulfide) groups is 1. The van der Waals surface area contributed by atoms with Crippen LogP contribution in [0.15, 0.2) is 17.4 Å². The Morgan fingerprint density at radius 2 is 2.05 bits per heavy atom. The summed E-state index contributed by atoms with van der Waals surface area (Å²) in [6.07, 6.45) is 7.58. The van der Waals surface area contributed by atoms with Gasteiger partial charge in [-0.25, -0.2) is 14.8 Å². The number of carbonyl (C=O) groups is 1. The van der Waals surface area contributed by atoms with Gasteiger partial charge in [0, 0.05) is 17.6 Å². The van der Waals surface area contributed by atoms with Gasteiger partial charge in [0.05, 0.1) is 0 Å². The van der Waals surface area contributed by atoms with E-state index in [0.717, 1.165) is 36.7 Å². The Kier molecular flexibility index (Phi) is 5.22. The fraction of sp³-hybridized carbons (Fsp3) is 0.533. The molecule has 0 atom stereocenters. The predicted molar refractivity (Wildman–Crippen MR) is 85.1 cm³/mol. The van der Waals surface area contributed by atoms with E-state index in [9.17, 15) is 9.90 Å². The molecule has 0 radical (unpaired) electrons. The SMILES string of the molecule is CCCC(CCC)n1c(C(=O)O)cc2cnc(SC)nc21. The van der Waals surface area contributed by atoms with Gasteiger partial charge in [-0.05, 0) is 25.2 Å². The molecule has 0 saturated heterocycles. The van der Waals surface area contributed by atoms with Crippen LogP contribution in [0.2, 0.25) is 0 Å². The van der Waals surface area contributed by atoms with Gasteiger partial charge in [0.1, 0.15) is 11.3 Å². The van der Waals surface area contributed by atoms with E-state index in [1.165, 1.54) is 11.8 Å². The molecule has 2 heterocycles. The highest BCUT2D eigenvalue weighted by Crippen LogP contribution is 2.29. The molecule has 2 aromatic heterocycles. The molecule has 114 valence electrons. The van der Waals surface area contributed by atoms with Crippen LogP contribution < -0.4 is 0 Å². The van der Waals surface area contributed by atoms with Crippen LogP contribution in [0.4, 0.5) is 0 Å². The molecule has 0 aliphatic heterocycles. The quantitative estimate of drug-likeness (QED) is 0.618. The molecule has 0 aliphatic carbocycles. The average molecular weight is 307 g/mol. The molecule has 0 fully saturated rings. The molecule has 0 unspecified atom stereocenters. The van der Waals surface area contributed by atoms with Crippen molar-refractivity contribution in [1.82, 2.24) is 14.5 Å². The third kappa shape index (κ3) is 3.20. The largest absolute Gasteiger partial charge is 0.477 e. The number of fused-ring (bicyclic) bond motifs is 1. The van der Waals surface area contributed by atoms with Gasteiger partial charge in [0.25, 0.3) is 0 Å². The Morgan fingerprint density at radius 3 is 2.57 bits per heavy atom. The second-order valence-electron chi connectivity index (χ2n) is 5.07. The van der Waals surface area contributed by atoms with Crippen molar-refractivity contribution >= 4 is 28.8 Å². The van der Waals surface area contributed by atoms with Crippen molar-refractivity contribution in [2.75, 3.05) is 6.26 Å². The van der Waals surface area contributed by atoms with Gasteiger partial charge >= 0.3 is 5.97 Å². The van der Waals surface area contributed by atoms with Crippen LogP contribution in [0.5, 0.6) is 0 Å². The molecule has 6 heteroatoms. The lowest BCUT2D eigenvalue weighted by Crippen LogP contribution is -2.15. The predicted octanol–water partition coefficient (Wildman–Crippen LogP) is 3.99. The number of aromatic carboxylic acids is 1. The summed E-state index contributed by atoms with van der Waals surface area (Å²) in [5.41, 5.74) is 1.04. The second kappa shape index (κ2) is 6.93. The summed E-state index contributed by atoms with van der Waals surface area (Å²) < 4.78 is 1.89. The van der Waals surface area contributed by atoms with Crippen molar-refractivity contribution in [3.63, 3.8) is 0 Å². The zero-order valence-corrected chi connectivity index (χ0v) is 13.5. The van der Waals surface area contributed by atoms with Crippen molar-refractivity contribution in [2.24, 2.45) is 0 Å². The molecule has 2 rings (SSSR count). The van der Waals surface area contributed by atoms with Gasteiger partial charge in [-0.1, -0.05) is 38.5 Å². The molecule has 2 aromatic rings. The topological polar surface area (TPSA) is 68.0 Å². The first-order valence-electron chi connectivity index (χ1n) is 7.27. The molecule has 0 aliphatic rings. The van der Waals surface area contributed by atoms with Gasteiger partial charge in [-0.3, -0.25) is 0 Å². The summed E-state index contributed by atoms with van der Waals surface area (Å²) in [6.45, 7) is 4.24. The number of hydrogen-bond acceptors (Lipinski definition) is 4. The Bertz CT molecular complexity index is 633. The maximum absolute atomic E-state index is 11.6. The number of hydrogen-bond donors (Lipinski definition) is 1. The number of carboxylic acids is 1. The van der Waals surface area contributed by atoms with E-state index in [1.54, 1.807) is 12.3 Å². The van der Waals surface area contributed by atoms with E-state index in [4.69, 9.17) is 0 Å². The standard InChI is InChI=1S/C15H21N3O2S/c1-4-6-11(7-5-2)18-12(14(19)20)8-10-9-16-15(21-3)17-13(10)18/h8-9,11H,4-7H2,1-3H3,(H,19,20). The summed E-state index contributed by atoms with van der Waals surface area (Å²) >= 11 is 1.47. The minimum Gasteiger partial charge on any atom is -0.477 e. The zero-order chi connectivity index (χ0) is 15.4. The Labute approximate surface area is 128 Å². The van der Waals surface area contributed by atoms with Crippen LogP contribution in [0.3, 0.4) is 0 Å². The molecule has 0 bridgehead atoms. The van der Waals surface area contributed by atoms with E-state index >= 15 is 0 Å². The van der Waals surface area contributed by atoms with Gasteiger partial charge < -0.3 is 9.67 Å². The molecule has 0 amide bonds. The lowest BCUT2D eigenvalue weighted by atomic mass is 10.1. The summed E-state index contributed by atoms with van der Waals surface area (Å²) in [5.74, 6) is -0.907. The Balaban J connectivity index is 2.65. The monoisotopic (exact) mass is 307 g/mol. The first-order valence-corrected chi connectivity index (χ1v) is 8.50. The molecule has 0 spiro atoms. The third-order valence-electron chi connectivity index (χ3n) is 3.56. The van der Waals surface area contributed by atoms with E-state index in [0.29, 0.717) is 10.9 Å². The highest BCUT2D eigenvalue weighted by molar-refractivity contribution is 7.98. The lowest BCUT2D eigenvalue weighted by Gasteiger charge is -2.20. The number of aromatic nitrogens is 3. The van der Waals surface area contributed by atoms with Crippen LogP contribution in [0.1, 0.15) is 56.1 Å². The third-order valence-corrected chi connectivity index (χ3v) is 4.13. The first-order chi connectivity index (χ1) is 10.1. The minimum absolute atomic E-state index is 0.174. The minimum atomic E-state index is -0.907. The summed E-state index contributed by atoms with van der Waals surface area (Å²) in [7, 11) is 0. The van der Waals surface area contributed by atoms with Gasteiger partial charge in [0.15, 0.2) is 5.16 Å². The normalized spacial score (nSPS) is 11.4. The molecule has 21 heavy (non-hydrogen) atoms. The molecule has 5 nitrogen and oxygen atoms in total.